The lowest BCUT2D eigenvalue weighted by Gasteiger charge is -2.03. The minimum atomic E-state index is -0.332. The van der Waals surface area contributed by atoms with Gasteiger partial charge in [-0.3, -0.25) is 4.79 Å². The van der Waals surface area contributed by atoms with Crippen LogP contribution in [0.1, 0.15) is 30.3 Å². The fourth-order valence-corrected chi connectivity index (χ4v) is 1.93. The maximum Gasteiger partial charge on any atom is 0.345 e. The van der Waals surface area contributed by atoms with Crippen molar-refractivity contribution in [1.29, 1.82) is 0 Å². The number of H-pyrrole nitrogens is 1. The molecule has 14 heavy (non-hydrogen) atoms. The highest BCUT2D eigenvalue weighted by molar-refractivity contribution is 5.78. The van der Waals surface area contributed by atoms with Gasteiger partial charge in [-0.05, 0) is 31.7 Å². The molecule has 1 N–H and O–H groups in total. The van der Waals surface area contributed by atoms with Crippen LogP contribution in [0.3, 0.4) is 0 Å². The Kier molecular flexibility index (Phi) is 2.19. The minimum Gasteiger partial charge on any atom is -0.310 e. The van der Waals surface area contributed by atoms with E-state index in [-0.39, 0.29) is 17.9 Å². The number of ketones is 1. The highest BCUT2D eigenvalue weighted by Crippen LogP contribution is 2.20. The van der Waals surface area contributed by atoms with E-state index >= 15 is 0 Å². The molecule has 0 aromatic carbocycles. The summed E-state index contributed by atoms with van der Waals surface area (Å²) in [6.45, 7) is 1.52. The first-order chi connectivity index (χ1) is 6.66. The Labute approximate surface area is 81.4 Å². The van der Waals surface area contributed by atoms with E-state index in [2.05, 4.69) is 9.97 Å². The molecule has 1 heterocycles. The molecule has 0 fully saturated rings. The molecule has 1 aromatic rings. The normalized spacial score (nSPS) is 14.1. The standard InChI is InChI=1S/C10H12N2O2/c1-6(13)5-9-7-3-2-4-8(7)11-10(14)12-9/h2-5H2,1H3,(H,11,12,14). The monoisotopic (exact) mass is 192 g/mol. The average Bonchev–Trinajstić information content (AvgIpc) is 2.50. The van der Waals surface area contributed by atoms with E-state index in [0.29, 0.717) is 5.69 Å². The second-order valence-corrected chi connectivity index (χ2v) is 3.68. The third kappa shape index (κ3) is 1.60. The van der Waals surface area contributed by atoms with Gasteiger partial charge in [-0.15, -0.1) is 0 Å². The number of aryl methyl sites for hydroxylation is 1. The Morgan fingerprint density at radius 3 is 3.00 bits per heavy atom. The van der Waals surface area contributed by atoms with E-state index in [0.717, 1.165) is 30.5 Å². The summed E-state index contributed by atoms with van der Waals surface area (Å²) < 4.78 is 0. The summed E-state index contributed by atoms with van der Waals surface area (Å²) >= 11 is 0. The SMILES string of the molecule is CC(=O)Cc1nc(=O)[nH]c2c1CCC2. The summed E-state index contributed by atoms with van der Waals surface area (Å²) in [5, 5.41) is 0. The van der Waals surface area contributed by atoms with Gasteiger partial charge in [-0.2, -0.15) is 4.98 Å². The quantitative estimate of drug-likeness (QED) is 0.737. The maximum absolute atomic E-state index is 11.2. The summed E-state index contributed by atoms with van der Waals surface area (Å²) in [5.41, 5.74) is 2.40. The summed E-state index contributed by atoms with van der Waals surface area (Å²) in [5.74, 6) is 0.0530. The second-order valence-electron chi connectivity index (χ2n) is 3.68. The molecule has 0 unspecified atom stereocenters. The molecule has 2 rings (SSSR count). The summed E-state index contributed by atoms with van der Waals surface area (Å²) in [4.78, 5) is 28.7. The van der Waals surface area contributed by atoms with Gasteiger partial charge in [0.25, 0.3) is 0 Å². The third-order valence-electron chi connectivity index (χ3n) is 2.48. The number of rotatable bonds is 2. The molecule has 0 radical (unpaired) electrons. The molecule has 0 bridgehead atoms. The number of aromatic nitrogens is 2. The predicted octanol–water partition coefficient (Wildman–Crippen LogP) is 0.390. The highest BCUT2D eigenvalue weighted by Gasteiger charge is 2.17. The lowest BCUT2D eigenvalue weighted by molar-refractivity contribution is -0.116. The first-order valence-corrected chi connectivity index (χ1v) is 4.77. The number of Topliss-reactive ketones (excluding diaryl/α,β-unsaturated/α-hetero) is 1. The van der Waals surface area contributed by atoms with Gasteiger partial charge in [0, 0.05) is 12.1 Å². The van der Waals surface area contributed by atoms with Gasteiger partial charge in [-0.1, -0.05) is 0 Å². The largest absolute Gasteiger partial charge is 0.345 e. The van der Waals surface area contributed by atoms with Crippen LogP contribution in [0, 0.1) is 0 Å². The smallest absolute Gasteiger partial charge is 0.310 e. The fraction of sp³-hybridized carbons (Fsp3) is 0.500. The molecule has 0 atom stereocenters. The molecular weight excluding hydrogens is 180 g/mol. The molecule has 4 heteroatoms. The molecule has 0 spiro atoms. The first-order valence-electron chi connectivity index (χ1n) is 4.77. The van der Waals surface area contributed by atoms with Crippen LogP contribution in [0.25, 0.3) is 0 Å². The number of aromatic amines is 1. The van der Waals surface area contributed by atoms with Gasteiger partial charge in [-0.25, -0.2) is 4.79 Å². The van der Waals surface area contributed by atoms with E-state index in [1.165, 1.54) is 6.92 Å². The van der Waals surface area contributed by atoms with Crippen LogP contribution in [0.2, 0.25) is 0 Å². The van der Waals surface area contributed by atoms with Crippen LogP contribution in [0.5, 0.6) is 0 Å². The Morgan fingerprint density at radius 1 is 1.50 bits per heavy atom. The molecule has 0 amide bonds. The predicted molar refractivity (Wildman–Crippen MR) is 51.3 cm³/mol. The van der Waals surface area contributed by atoms with Gasteiger partial charge in [0.2, 0.25) is 0 Å². The number of hydrogen-bond donors (Lipinski definition) is 1. The second kappa shape index (κ2) is 3.36. The molecule has 0 aliphatic heterocycles. The van der Waals surface area contributed by atoms with Crippen LogP contribution in [0.15, 0.2) is 4.79 Å². The van der Waals surface area contributed by atoms with Crippen LogP contribution in [-0.2, 0) is 24.1 Å². The van der Waals surface area contributed by atoms with Gasteiger partial charge in [0.05, 0.1) is 5.69 Å². The highest BCUT2D eigenvalue weighted by atomic mass is 16.1. The maximum atomic E-state index is 11.2. The van der Waals surface area contributed by atoms with Gasteiger partial charge in [0.1, 0.15) is 5.78 Å². The Hall–Kier alpha value is -1.45. The van der Waals surface area contributed by atoms with Crippen molar-refractivity contribution in [2.75, 3.05) is 0 Å². The summed E-state index contributed by atoms with van der Waals surface area (Å²) in [7, 11) is 0. The van der Waals surface area contributed by atoms with Crippen molar-refractivity contribution >= 4 is 5.78 Å². The number of nitrogens with zero attached hydrogens (tertiary/aromatic N) is 1. The van der Waals surface area contributed by atoms with E-state index in [9.17, 15) is 9.59 Å². The molecule has 0 saturated carbocycles. The van der Waals surface area contributed by atoms with Crippen molar-refractivity contribution in [2.24, 2.45) is 0 Å². The molecule has 0 saturated heterocycles. The topological polar surface area (TPSA) is 62.8 Å². The van der Waals surface area contributed by atoms with Crippen molar-refractivity contribution in [3.05, 3.63) is 27.4 Å². The molecule has 1 aliphatic rings. The van der Waals surface area contributed by atoms with Crippen molar-refractivity contribution < 1.29 is 4.79 Å². The van der Waals surface area contributed by atoms with Gasteiger partial charge in [0.15, 0.2) is 0 Å². The van der Waals surface area contributed by atoms with Crippen LogP contribution < -0.4 is 5.69 Å². The summed E-state index contributed by atoms with van der Waals surface area (Å²) in [6.07, 6.45) is 3.16. The molecule has 1 aliphatic carbocycles. The van der Waals surface area contributed by atoms with Crippen molar-refractivity contribution in [2.45, 2.75) is 32.6 Å². The number of fused-ring (bicyclic) bond motifs is 1. The molecule has 1 aromatic heterocycles. The van der Waals surface area contributed by atoms with E-state index in [1.54, 1.807) is 0 Å². The van der Waals surface area contributed by atoms with Crippen molar-refractivity contribution in [3.63, 3.8) is 0 Å². The lowest BCUT2D eigenvalue weighted by Crippen LogP contribution is -2.18. The minimum absolute atomic E-state index is 0.0530. The number of carbonyl (C=O) groups is 1. The Morgan fingerprint density at radius 2 is 2.29 bits per heavy atom. The lowest BCUT2D eigenvalue weighted by atomic mass is 10.1. The Balaban J connectivity index is 2.48. The molecule has 74 valence electrons. The summed E-state index contributed by atoms with van der Waals surface area (Å²) in [6, 6.07) is 0. The number of hydrogen-bond acceptors (Lipinski definition) is 3. The fourth-order valence-electron chi connectivity index (χ4n) is 1.93. The zero-order valence-corrected chi connectivity index (χ0v) is 8.09. The van der Waals surface area contributed by atoms with Crippen LogP contribution in [0.4, 0.5) is 0 Å². The van der Waals surface area contributed by atoms with Gasteiger partial charge >= 0.3 is 5.69 Å². The third-order valence-corrected chi connectivity index (χ3v) is 2.48. The van der Waals surface area contributed by atoms with E-state index < -0.39 is 0 Å². The van der Waals surface area contributed by atoms with Crippen molar-refractivity contribution in [3.8, 4) is 0 Å². The van der Waals surface area contributed by atoms with E-state index in [1.807, 2.05) is 0 Å². The average molecular weight is 192 g/mol. The zero-order chi connectivity index (χ0) is 10.1. The van der Waals surface area contributed by atoms with Crippen LogP contribution in [-0.4, -0.2) is 15.8 Å². The molecule has 4 nitrogen and oxygen atoms in total. The van der Waals surface area contributed by atoms with Gasteiger partial charge < -0.3 is 4.98 Å². The van der Waals surface area contributed by atoms with E-state index in [4.69, 9.17) is 0 Å². The van der Waals surface area contributed by atoms with Crippen molar-refractivity contribution in [1.82, 2.24) is 9.97 Å². The first kappa shape index (κ1) is 9.12. The number of carbonyl (C=O) groups excluding carboxylic acids is 1. The number of nitrogens with one attached hydrogen (secondary N) is 1. The van der Waals surface area contributed by atoms with Crippen LogP contribution >= 0.6 is 0 Å². The Bertz CT molecular complexity index is 434. The zero-order valence-electron chi connectivity index (χ0n) is 8.09. The molecular formula is C10H12N2O2.